The van der Waals surface area contributed by atoms with Crippen molar-refractivity contribution in [3.8, 4) is 5.75 Å². The second-order valence-corrected chi connectivity index (χ2v) is 3.46. The van der Waals surface area contributed by atoms with Crippen molar-refractivity contribution in [2.24, 2.45) is 12.8 Å². The first-order valence-electron chi connectivity index (χ1n) is 5.04. The van der Waals surface area contributed by atoms with Gasteiger partial charge in [0.2, 0.25) is 0 Å². The molecule has 2 aromatic heterocycles. The summed E-state index contributed by atoms with van der Waals surface area (Å²) in [4.78, 5) is 4.34. The maximum absolute atomic E-state index is 5.53. The molecule has 5 heteroatoms. The molecule has 0 atom stereocenters. The molecule has 0 radical (unpaired) electrons. The third-order valence-corrected chi connectivity index (χ3v) is 2.14. The summed E-state index contributed by atoms with van der Waals surface area (Å²) in [6.45, 7) is 0.875. The third-order valence-electron chi connectivity index (χ3n) is 2.14. The quantitative estimate of drug-likeness (QED) is 0.826. The van der Waals surface area contributed by atoms with Crippen molar-refractivity contribution in [1.82, 2.24) is 14.8 Å². The molecule has 0 fully saturated rings. The Kier molecular flexibility index (Phi) is 3.16. The van der Waals surface area contributed by atoms with Gasteiger partial charge in [0.25, 0.3) is 0 Å². The van der Waals surface area contributed by atoms with Gasteiger partial charge in [0.05, 0.1) is 23.8 Å². The van der Waals surface area contributed by atoms with Crippen LogP contribution in [0.2, 0.25) is 0 Å². The van der Waals surface area contributed by atoms with Gasteiger partial charge in [-0.1, -0.05) is 6.07 Å². The summed E-state index contributed by atoms with van der Waals surface area (Å²) in [5.41, 5.74) is 7.25. The molecule has 84 valence electrons. The Morgan fingerprint density at radius 3 is 2.88 bits per heavy atom. The lowest BCUT2D eigenvalue weighted by atomic mass is 10.3. The fourth-order valence-corrected chi connectivity index (χ4v) is 1.35. The lowest BCUT2D eigenvalue weighted by molar-refractivity contribution is 0.300. The first-order valence-corrected chi connectivity index (χ1v) is 5.04. The average molecular weight is 218 g/mol. The van der Waals surface area contributed by atoms with E-state index in [0.717, 1.165) is 17.1 Å². The molecule has 2 aromatic rings. The maximum Gasteiger partial charge on any atom is 0.157 e. The average Bonchev–Trinajstić information content (AvgIpc) is 2.73. The highest BCUT2D eigenvalue weighted by Gasteiger charge is 2.00. The summed E-state index contributed by atoms with van der Waals surface area (Å²) < 4.78 is 7.22. The zero-order valence-electron chi connectivity index (χ0n) is 9.13. The van der Waals surface area contributed by atoms with Crippen LogP contribution in [0.25, 0.3) is 0 Å². The summed E-state index contributed by atoms with van der Waals surface area (Å²) in [6, 6.07) is 5.74. The van der Waals surface area contributed by atoms with E-state index < -0.39 is 0 Å². The zero-order valence-corrected chi connectivity index (χ0v) is 9.13. The fourth-order valence-electron chi connectivity index (χ4n) is 1.35. The predicted octanol–water partition coefficient (Wildman–Crippen LogP) is 0.853. The Morgan fingerprint density at radius 1 is 1.38 bits per heavy atom. The summed E-state index contributed by atoms with van der Waals surface area (Å²) in [5.74, 6) is 0.738. The van der Waals surface area contributed by atoms with Gasteiger partial charge in [-0.3, -0.25) is 9.67 Å². The topological polar surface area (TPSA) is 66.0 Å². The molecule has 2 rings (SSSR count). The molecule has 0 saturated carbocycles. The molecule has 0 aliphatic rings. The van der Waals surface area contributed by atoms with Crippen LogP contribution >= 0.6 is 0 Å². The Morgan fingerprint density at radius 2 is 2.19 bits per heavy atom. The summed E-state index contributed by atoms with van der Waals surface area (Å²) in [5, 5.41) is 4.01. The van der Waals surface area contributed by atoms with Crippen molar-refractivity contribution in [1.29, 1.82) is 0 Å². The van der Waals surface area contributed by atoms with Crippen LogP contribution in [0.3, 0.4) is 0 Å². The number of ether oxygens (including phenoxy) is 1. The van der Waals surface area contributed by atoms with Gasteiger partial charge in [-0.05, 0) is 12.1 Å². The fraction of sp³-hybridized carbons (Fsp3) is 0.273. The molecule has 0 aliphatic carbocycles. The molecule has 0 amide bonds. The molecule has 5 nitrogen and oxygen atoms in total. The van der Waals surface area contributed by atoms with Crippen LogP contribution in [-0.4, -0.2) is 14.8 Å². The van der Waals surface area contributed by atoms with E-state index in [1.54, 1.807) is 10.9 Å². The van der Waals surface area contributed by atoms with Gasteiger partial charge < -0.3 is 10.5 Å². The summed E-state index contributed by atoms with van der Waals surface area (Å²) in [7, 11) is 1.85. The van der Waals surface area contributed by atoms with E-state index in [1.165, 1.54) is 0 Å². The maximum atomic E-state index is 5.53. The van der Waals surface area contributed by atoms with Gasteiger partial charge in [-0.25, -0.2) is 0 Å². The van der Waals surface area contributed by atoms with Crippen molar-refractivity contribution in [2.75, 3.05) is 0 Å². The second kappa shape index (κ2) is 4.76. The molecule has 0 bridgehead atoms. The number of nitrogens with two attached hydrogens (primary N) is 1. The highest BCUT2D eigenvalue weighted by molar-refractivity contribution is 5.14. The minimum Gasteiger partial charge on any atom is -0.484 e. The van der Waals surface area contributed by atoms with Crippen LogP contribution in [0.4, 0.5) is 0 Å². The van der Waals surface area contributed by atoms with Crippen molar-refractivity contribution < 1.29 is 4.74 Å². The molecule has 0 saturated heterocycles. The van der Waals surface area contributed by atoms with Crippen LogP contribution in [-0.2, 0) is 20.2 Å². The van der Waals surface area contributed by atoms with Crippen molar-refractivity contribution >= 4 is 0 Å². The second-order valence-electron chi connectivity index (χ2n) is 3.46. The number of aromatic nitrogens is 3. The summed E-state index contributed by atoms with van der Waals surface area (Å²) >= 11 is 0. The Labute approximate surface area is 93.9 Å². The van der Waals surface area contributed by atoms with E-state index in [2.05, 4.69) is 10.1 Å². The lowest BCUT2D eigenvalue weighted by Gasteiger charge is -2.04. The van der Waals surface area contributed by atoms with Crippen LogP contribution in [0.15, 0.2) is 30.6 Å². The smallest absolute Gasteiger partial charge is 0.157 e. The van der Waals surface area contributed by atoms with Crippen LogP contribution in [0.1, 0.15) is 11.4 Å². The number of pyridine rings is 1. The molecule has 0 aliphatic heterocycles. The van der Waals surface area contributed by atoms with E-state index in [1.807, 2.05) is 31.4 Å². The van der Waals surface area contributed by atoms with Crippen molar-refractivity contribution in [3.63, 3.8) is 0 Å². The van der Waals surface area contributed by atoms with Gasteiger partial charge in [0, 0.05) is 13.6 Å². The Hall–Kier alpha value is -1.88. The standard InChI is InChI=1S/C11H14N4O/c1-15-7-11(6-13-15)16-8-10-4-2-3-9(5-12)14-10/h2-4,6-7H,5,8,12H2,1H3. The van der Waals surface area contributed by atoms with E-state index in [9.17, 15) is 0 Å². The van der Waals surface area contributed by atoms with Gasteiger partial charge >= 0.3 is 0 Å². The Bertz CT molecular complexity index is 467. The van der Waals surface area contributed by atoms with Gasteiger partial charge in [-0.2, -0.15) is 5.10 Å². The van der Waals surface area contributed by atoms with Crippen LogP contribution < -0.4 is 10.5 Å². The highest BCUT2D eigenvalue weighted by Crippen LogP contribution is 2.09. The van der Waals surface area contributed by atoms with E-state index in [-0.39, 0.29) is 0 Å². The zero-order chi connectivity index (χ0) is 11.4. The van der Waals surface area contributed by atoms with E-state index >= 15 is 0 Å². The number of hydrogen-bond acceptors (Lipinski definition) is 4. The molecule has 0 spiro atoms. The normalized spacial score (nSPS) is 10.4. The van der Waals surface area contributed by atoms with Crippen molar-refractivity contribution in [2.45, 2.75) is 13.2 Å². The number of rotatable bonds is 4. The molecular weight excluding hydrogens is 204 g/mol. The van der Waals surface area contributed by atoms with Crippen molar-refractivity contribution in [3.05, 3.63) is 42.0 Å². The SMILES string of the molecule is Cn1cc(OCc2cccc(CN)n2)cn1. The molecule has 0 aromatic carbocycles. The van der Waals surface area contributed by atoms with Crippen LogP contribution in [0.5, 0.6) is 5.75 Å². The molecule has 2 N–H and O–H groups in total. The first-order chi connectivity index (χ1) is 7.78. The lowest BCUT2D eigenvalue weighted by Crippen LogP contribution is -2.03. The predicted molar refractivity (Wildman–Crippen MR) is 59.7 cm³/mol. The molecule has 0 unspecified atom stereocenters. The van der Waals surface area contributed by atoms with E-state index in [0.29, 0.717) is 13.2 Å². The number of aryl methyl sites for hydroxylation is 1. The van der Waals surface area contributed by atoms with Gasteiger partial charge in [0.1, 0.15) is 6.61 Å². The highest BCUT2D eigenvalue weighted by atomic mass is 16.5. The molecular formula is C11H14N4O. The summed E-state index contributed by atoms with van der Waals surface area (Å²) in [6.07, 6.45) is 3.49. The van der Waals surface area contributed by atoms with Gasteiger partial charge in [0.15, 0.2) is 5.75 Å². The minimum atomic E-state index is 0.430. The van der Waals surface area contributed by atoms with Gasteiger partial charge in [-0.15, -0.1) is 0 Å². The van der Waals surface area contributed by atoms with E-state index in [4.69, 9.17) is 10.5 Å². The first kappa shape index (κ1) is 10.6. The van der Waals surface area contributed by atoms with Crippen LogP contribution in [0, 0.1) is 0 Å². The number of nitrogens with zero attached hydrogens (tertiary/aromatic N) is 3. The largest absolute Gasteiger partial charge is 0.484 e. The molecule has 2 heterocycles. The molecule has 16 heavy (non-hydrogen) atoms. The monoisotopic (exact) mass is 218 g/mol. The minimum absolute atomic E-state index is 0.430. The Balaban J connectivity index is 1.99. The number of hydrogen-bond donors (Lipinski definition) is 1. The third kappa shape index (κ3) is 2.58.